The lowest BCUT2D eigenvalue weighted by molar-refractivity contribution is -0.119. The number of hydrogen-bond donors (Lipinski definition) is 2. The standard InChI is InChI=1S/C12H25N3O/c1-10(2)15(9-12(13)16)7-5-11-4-3-6-14-8-11/h10-11,14H,3-9H2,1-2H3,(H2,13,16). The Morgan fingerprint density at radius 3 is 2.81 bits per heavy atom. The number of hydrogen-bond acceptors (Lipinski definition) is 3. The highest BCUT2D eigenvalue weighted by Gasteiger charge is 2.17. The summed E-state index contributed by atoms with van der Waals surface area (Å²) in [6, 6.07) is 0.393. The molecule has 1 aliphatic rings. The predicted octanol–water partition coefficient (Wildman–Crippen LogP) is 0.572. The summed E-state index contributed by atoms with van der Waals surface area (Å²) in [5, 5.41) is 3.42. The number of rotatable bonds is 6. The maximum Gasteiger partial charge on any atom is 0.231 e. The smallest absolute Gasteiger partial charge is 0.231 e. The molecule has 0 saturated carbocycles. The van der Waals surface area contributed by atoms with Crippen molar-refractivity contribution in [3.05, 3.63) is 0 Å². The number of carbonyl (C=O) groups excluding carboxylic acids is 1. The van der Waals surface area contributed by atoms with Crippen molar-refractivity contribution in [1.29, 1.82) is 0 Å². The second kappa shape index (κ2) is 6.86. The van der Waals surface area contributed by atoms with E-state index >= 15 is 0 Å². The lowest BCUT2D eigenvalue weighted by Gasteiger charge is -2.29. The van der Waals surface area contributed by atoms with Crippen LogP contribution in [0.25, 0.3) is 0 Å². The van der Waals surface area contributed by atoms with Crippen LogP contribution in [0, 0.1) is 5.92 Å². The maximum absolute atomic E-state index is 10.9. The van der Waals surface area contributed by atoms with Gasteiger partial charge in [0.1, 0.15) is 0 Å². The Kier molecular flexibility index (Phi) is 5.77. The molecule has 94 valence electrons. The van der Waals surface area contributed by atoms with Crippen LogP contribution in [0.4, 0.5) is 0 Å². The van der Waals surface area contributed by atoms with Crippen LogP contribution >= 0.6 is 0 Å². The van der Waals surface area contributed by atoms with Crippen molar-refractivity contribution in [1.82, 2.24) is 10.2 Å². The molecule has 4 heteroatoms. The molecule has 0 aliphatic carbocycles. The van der Waals surface area contributed by atoms with Crippen molar-refractivity contribution in [2.75, 3.05) is 26.2 Å². The van der Waals surface area contributed by atoms with E-state index in [9.17, 15) is 4.79 Å². The number of primary amides is 1. The molecule has 0 aromatic heterocycles. The molecule has 0 radical (unpaired) electrons. The largest absolute Gasteiger partial charge is 0.369 e. The first-order valence-corrected chi connectivity index (χ1v) is 6.32. The summed E-state index contributed by atoms with van der Waals surface area (Å²) in [5.41, 5.74) is 5.25. The van der Waals surface area contributed by atoms with Gasteiger partial charge in [-0.05, 0) is 58.7 Å². The molecular weight excluding hydrogens is 202 g/mol. The number of nitrogens with two attached hydrogens (primary N) is 1. The molecule has 0 spiro atoms. The topological polar surface area (TPSA) is 58.4 Å². The molecule has 0 bridgehead atoms. The van der Waals surface area contributed by atoms with E-state index in [1.165, 1.54) is 19.3 Å². The van der Waals surface area contributed by atoms with Crippen LogP contribution in [0.2, 0.25) is 0 Å². The van der Waals surface area contributed by atoms with Gasteiger partial charge in [-0.1, -0.05) is 0 Å². The Morgan fingerprint density at radius 1 is 1.56 bits per heavy atom. The molecule has 0 aromatic rings. The monoisotopic (exact) mass is 227 g/mol. The van der Waals surface area contributed by atoms with Gasteiger partial charge in [0.15, 0.2) is 0 Å². The minimum atomic E-state index is -0.226. The number of piperidine rings is 1. The Balaban J connectivity index is 2.28. The van der Waals surface area contributed by atoms with Crippen LogP contribution in [0.15, 0.2) is 0 Å². The van der Waals surface area contributed by atoms with Gasteiger partial charge in [0.25, 0.3) is 0 Å². The van der Waals surface area contributed by atoms with Crippen LogP contribution in [0.5, 0.6) is 0 Å². The van der Waals surface area contributed by atoms with Crippen LogP contribution < -0.4 is 11.1 Å². The average Bonchev–Trinajstić information content (AvgIpc) is 2.25. The molecule has 3 N–H and O–H groups in total. The van der Waals surface area contributed by atoms with Gasteiger partial charge in [0.05, 0.1) is 6.54 Å². The van der Waals surface area contributed by atoms with E-state index in [1.807, 2.05) is 0 Å². The van der Waals surface area contributed by atoms with E-state index < -0.39 is 0 Å². The molecule has 16 heavy (non-hydrogen) atoms. The van der Waals surface area contributed by atoms with Gasteiger partial charge < -0.3 is 11.1 Å². The second-order valence-electron chi connectivity index (χ2n) is 5.03. The van der Waals surface area contributed by atoms with Crippen molar-refractivity contribution in [3.8, 4) is 0 Å². The van der Waals surface area contributed by atoms with Crippen LogP contribution in [0.1, 0.15) is 33.1 Å². The van der Waals surface area contributed by atoms with Crippen molar-refractivity contribution in [2.24, 2.45) is 11.7 Å². The molecule has 0 aromatic carbocycles. The Labute approximate surface area is 98.6 Å². The minimum Gasteiger partial charge on any atom is -0.369 e. The fraction of sp³-hybridized carbons (Fsp3) is 0.917. The van der Waals surface area contributed by atoms with Gasteiger partial charge >= 0.3 is 0 Å². The summed E-state index contributed by atoms with van der Waals surface area (Å²) in [6.45, 7) is 7.88. The van der Waals surface area contributed by atoms with E-state index in [-0.39, 0.29) is 5.91 Å². The van der Waals surface area contributed by atoms with Crippen molar-refractivity contribution in [2.45, 2.75) is 39.2 Å². The summed E-state index contributed by atoms with van der Waals surface area (Å²) < 4.78 is 0. The summed E-state index contributed by atoms with van der Waals surface area (Å²) in [4.78, 5) is 13.1. The zero-order valence-corrected chi connectivity index (χ0v) is 10.5. The molecule has 1 amide bonds. The van der Waals surface area contributed by atoms with Gasteiger partial charge in [-0.3, -0.25) is 9.69 Å². The van der Waals surface area contributed by atoms with Gasteiger partial charge in [-0.15, -0.1) is 0 Å². The second-order valence-corrected chi connectivity index (χ2v) is 5.03. The Morgan fingerprint density at radius 2 is 2.31 bits per heavy atom. The summed E-state index contributed by atoms with van der Waals surface area (Å²) in [6.07, 6.45) is 3.76. The molecular formula is C12H25N3O. The fourth-order valence-electron chi connectivity index (χ4n) is 2.24. The quantitative estimate of drug-likeness (QED) is 0.697. The third-order valence-electron chi connectivity index (χ3n) is 3.31. The SMILES string of the molecule is CC(C)N(CCC1CCCNC1)CC(N)=O. The number of nitrogens with one attached hydrogen (secondary N) is 1. The minimum absolute atomic E-state index is 0.226. The summed E-state index contributed by atoms with van der Waals surface area (Å²) in [7, 11) is 0. The molecule has 1 aliphatic heterocycles. The zero-order chi connectivity index (χ0) is 12.0. The Bertz CT molecular complexity index is 212. The highest BCUT2D eigenvalue weighted by molar-refractivity contribution is 5.75. The molecule has 4 nitrogen and oxygen atoms in total. The van der Waals surface area contributed by atoms with E-state index in [1.54, 1.807) is 0 Å². The summed E-state index contributed by atoms with van der Waals surface area (Å²) in [5.74, 6) is 0.540. The molecule has 1 atom stereocenters. The third-order valence-corrected chi connectivity index (χ3v) is 3.31. The van der Waals surface area contributed by atoms with Crippen LogP contribution in [0.3, 0.4) is 0 Å². The first-order chi connectivity index (χ1) is 7.59. The van der Waals surface area contributed by atoms with Crippen LogP contribution in [-0.4, -0.2) is 43.0 Å². The van der Waals surface area contributed by atoms with E-state index in [2.05, 4.69) is 24.1 Å². The third kappa shape index (κ3) is 4.94. The van der Waals surface area contributed by atoms with Crippen molar-refractivity contribution in [3.63, 3.8) is 0 Å². The summed E-state index contributed by atoms with van der Waals surface area (Å²) >= 11 is 0. The lowest BCUT2D eigenvalue weighted by atomic mass is 9.96. The van der Waals surface area contributed by atoms with Gasteiger partial charge in [-0.2, -0.15) is 0 Å². The van der Waals surface area contributed by atoms with Crippen LogP contribution in [-0.2, 0) is 4.79 Å². The average molecular weight is 227 g/mol. The molecule has 1 rings (SSSR count). The van der Waals surface area contributed by atoms with Crippen molar-refractivity contribution < 1.29 is 4.79 Å². The van der Waals surface area contributed by atoms with E-state index in [4.69, 9.17) is 5.73 Å². The highest BCUT2D eigenvalue weighted by atomic mass is 16.1. The fourth-order valence-corrected chi connectivity index (χ4v) is 2.24. The first-order valence-electron chi connectivity index (χ1n) is 6.32. The molecule has 1 heterocycles. The van der Waals surface area contributed by atoms with Gasteiger partial charge in [0, 0.05) is 6.04 Å². The van der Waals surface area contributed by atoms with Crippen molar-refractivity contribution >= 4 is 5.91 Å². The highest BCUT2D eigenvalue weighted by Crippen LogP contribution is 2.15. The first kappa shape index (κ1) is 13.5. The lowest BCUT2D eigenvalue weighted by Crippen LogP contribution is -2.40. The van der Waals surface area contributed by atoms with Gasteiger partial charge in [-0.25, -0.2) is 0 Å². The number of carbonyl (C=O) groups is 1. The molecule has 1 fully saturated rings. The predicted molar refractivity (Wildman–Crippen MR) is 66.1 cm³/mol. The van der Waals surface area contributed by atoms with Gasteiger partial charge in [0.2, 0.25) is 5.91 Å². The van der Waals surface area contributed by atoms with E-state index in [0.717, 1.165) is 25.6 Å². The Hall–Kier alpha value is -0.610. The number of nitrogens with zero attached hydrogens (tertiary/aromatic N) is 1. The molecule has 1 saturated heterocycles. The van der Waals surface area contributed by atoms with E-state index in [0.29, 0.717) is 12.6 Å². The molecule has 1 unspecified atom stereocenters. The maximum atomic E-state index is 10.9. The number of amides is 1. The zero-order valence-electron chi connectivity index (χ0n) is 10.5. The normalized spacial score (nSPS) is 21.6.